The van der Waals surface area contributed by atoms with Crippen molar-refractivity contribution in [3.63, 3.8) is 0 Å². The first-order valence-corrected chi connectivity index (χ1v) is 9.53. The summed E-state index contributed by atoms with van der Waals surface area (Å²) in [5.74, 6) is 0.197. The summed E-state index contributed by atoms with van der Waals surface area (Å²) >= 11 is 6.20. The van der Waals surface area contributed by atoms with Crippen molar-refractivity contribution >= 4 is 29.2 Å². The highest BCUT2D eigenvalue weighted by molar-refractivity contribution is 6.30. The molecule has 8 heteroatoms. The number of urea groups is 1. The molecule has 27 heavy (non-hydrogen) atoms. The number of amides is 3. The van der Waals surface area contributed by atoms with E-state index < -0.39 is 6.04 Å². The summed E-state index contributed by atoms with van der Waals surface area (Å²) in [4.78, 5) is 33.0. The van der Waals surface area contributed by atoms with E-state index >= 15 is 0 Å². The number of carbonyl (C=O) groups is 2. The molecule has 144 valence electrons. The average Bonchev–Trinajstić information content (AvgIpc) is 3.02. The monoisotopic (exact) mass is 389 g/mol. The zero-order valence-corrected chi connectivity index (χ0v) is 16.3. The molecule has 4 unspecified atom stereocenters. The van der Waals surface area contributed by atoms with Gasteiger partial charge in [-0.1, -0.05) is 30.7 Å². The highest BCUT2D eigenvalue weighted by Crippen LogP contribution is 2.34. The number of nitrogens with one attached hydrogen (secondary N) is 1. The third kappa shape index (κ3) is 2.90. The average molecular weight is 390 g/mol. The first-order chi connectivity index (χ1) is 12.9. The maximum atomic E-state index is 13.1. The van der Waals surface area contributed by atoms with Crippen LogP contribution in [0.25, 0.3) is 0 Å². The van der Waals surface area contributed by atoms with E-state index in [9.17, 15) is 9.59 Å². The molecular formula is C19H24ClN5O2. The number of halogens is 1. The van der Waals surface area contributed by atoms with Crippen molar-refractivity contribution in [3.05, 3.63) is 41.9 Å². The van der Waals surface area contributed by atoms with Gasteiger partial charge in [-0.2, -0.15) is 0 Å². The highest BCUT2D eigenvalue weighted by Gasteiger charge is 2.56. The first-order valence-electron chi connectivity index (χ1n) is 9.15. The Hall–Kier alpha value is -2.09. The lowest BCUT2D eigenvalue weighted by atomic mass is 10.0. The summed E-state index contributed by atoms with van der Waals surface area (Å²) in [5, 5.41) is 4.17. The molecule has 3 amide bonds. The smallest absolute Gasteiger partial charge is 0.328 e. The van der Waals surface area contributed by atoms with Crippen LogP contribution < -0.4 is 10.2 Å². The highest BCUT2D eigenvalue weighted by atomic mass is 35.5. The summed E-state index contributed by atoms with van der Waals surface area (Å²) in [6, 6.07) is 7.02. The van der Waals surface area contributed by atoms with Crippen molar-refractivity contribution in [2.45, 2.75) is 25.4 Å². The number of carbonyl (C=O) groups excluding carboxylic acids is 2. The van der Waals surface area contributed by atoms with E-state index in [-0.39, 0.29) is 30.9 Å². The number of rotatable bonds is 3. The van der Waals surface area contributed by atoms with Crippen LogP contribution in [0.4, 0.5) is 10.5 Å². The molecule has 7 nitrogen and oxygen atoms in total. The molecule has 0 saturated carbocycles. The lowest BCUT2D eigenvalue weighted by Gasteiger charge is -2.46. The summed E-state index contributed by atoms with van der Waals surface area (Å²) in [6.45, 7) is 7.69. The van der Waals surface area contributed by atoms with Gasteiger partial charge in [0, 0.05) is 37.4 Å². The van der Waals surface area contributed by atoms with Gasteiger partial charge >= 0.3 is 6.03 Å². The van der Waals surface area contributed by atoms with Crippen LogP contribution >= 0.6 is 11.6 Å². The minimum Gasteiger partial charge on any atom is -0.343 e. The molecule has 4 atom stereocenters. The van der Waals surface area contributed by atoms with Gasteiger partial charge in [-0.3, -0.25) is 19.9 Å². The predicted molar refractivity (Wildman–Crippen MR) is 104 cm³/mol. The zero-order valence-electron chi connectivity index (χ0n) is 15.5. The molecule has 3 fully saturated rings. The van der Waals surface area contributed by atoms with Crippen LogP contribution in [0.15, 0.2) is 36.9 Å². The molecule has 3 aliphatic rings. The summed E-state index contributed by atoms with van der Waals surface area (Å²) in [5.41, 5.74) is 1.000. The normalized spacial score (nSPS) is 31.1. The second kappa shape index (κ2) is 6.82. The molecule has 0 radical (unpaired) electrons. The number of fused-ring (bicyclic) bond motifs is 3. The molecule has 1 N–H and O–H groups in total. The second-order valence-electron chi connectivity index (χ2n) is 7.50. The number of nitrogens with zero attached hydrogens (tertiary/aromatic N) is 4. The predicted octanol–water partition coefficient (Wildman–Crippen LogP) is 1.76. The Bertz CT molecular complexity index is 787. The van der Waals surface area contributed by atoms with Gasteiger partial charge in [-0.25, -0.2) is 4.79 Å². The summed E-state index contributed by atoms with van der Waals surface area (Å²) in [7, 11) is 1.74. The number of likely N-dealkylation sites (N-methyl/N-ethyl adjacent to an activating group) is 1. The van der Waals surface area contributed by atoms with Crippen LogP contribution in [-0.4, -0.2) is 71.8 Å². The number of benzene rings is 1. The van der Waals surface area contributed by atoms with Crippen molar-refractivity contribution in [1.82, 2.24) is 20.0 Å². The van der Waals surface area contributed by atoms with Gasteiger partial charge in [0.25, 0.3) is 5.91 Å². The fourth-order valence-electron chi connectivity index (χ4n) is 4.37. The van der Waals surface area contributed by atoms with E-state index in [1.165, 1.54) is 4.90 Å². The molecule has 0 aliphatic carbocycles. The third-order valence-corrected chi connectivity index (χ3v) is 5.77. The molecule has 3 saturated heterocycles. The standard InChI is InChI=1S/C19H24ClN5O2/c1-4-8-23-17(26)15-16(22(3)19(23)27)21-18-24(10-12(2)11-25(15)18)14-7-5-6-13(20)9-14/h4-7,9,12,15-16,18,21H,1,8,10-11H2,2-3H3. The fraction of sp³-hybridized carbons (Fsp3) is 0.474. The van der Waals surface area contributed by atoms with Crippen molar-refractivity contribution in [2.75, 3.05) is 31.6 Å². The fourth-order valence-corrected chi connectivity index (χ4v) is 4.56. The Morgan fingerprint density at radius 2 is 2.11 bits per heavy atom. The van der Waals surface area contributed by atoms with Crippen LogP contribution in [0.1, 0.15) is 6.92 Å². The van der Waals surface area contributed by atoms with Gasteiger partial charge in [0.2, 0.25) is 0 Å². The van der Waals surface area contributed by atoms with Gasteiger partial charge in [0.05, 0.1) is 0 Å². The van der Waals surface area contributed by atoms with Crippen LogP contribution in [0.2, 0.25) is 5.02 Å². The van der Waals surface area contributed by atoms with Crippen LogP contribution in [0, 0.1) is 5.92 Å². The Morgan fingerprint density at radius 3 is 2.81 bits per heavy atom. The lowest BCUT2D eigenvalue weighted by Crippen LogP contribution is -2.66. The molecule has 3 aliphatic heterocycles. The Labute approximate surface area is 164 Å². The molecule has 4 rings (SSSR count). The minimum atomic E-state index is -0.415. The Balaban J connectivity index is 1.70. The Kier molecular flexibility index (Phi) is 4.61. The van der Waals surface area contributed by atoms with E-state index in [1.807, 2.05) is 24.3 Å². The van der Waals surface area contributed by atoms with E-state index in [4.69, 9.17) is 11.6 Å². The van der Waals surface area contributed by atoms with Crippen molar-refractivity contribution in [3.8, 4) is 0 Å². The van der Waals surface area contributed by atoms with Crippen LogP contribution in [0.5, 0.6) is 0 Å². The molecule has 1 aromatic rings. The summed E-state index contributed by atoms with van der Waals surface area (Å²) < 4.78 is 0. The first kappa shape index (κ1) is 18.3. The van der Waals surface area contributed by atoms with E-state index in [2.05, 4.69) is 28.6 Å². The quantitative estimate of drug-likeness (QED) is 0.798. The molecular weight excluding hydrogens is 366 g/mol. The topological polar surface area (TPSA) is 59.1 Å². The van der Waals surface area contributed by atoms with E-state index in [0.29, 0.717) is 10.9 Å². The van der Waals surface area contributed by atoms with Gasteiger partial charge in [-0.15, -0.1) is 6.58 Å². The van der Waals surface area contributed by atoms with Crippen molar-refractivity contribution in [2.24, 2.45) is 5.92 Å². The summed E-state index contributed by atoms with van der Waals surface area (Å²) in [6.07, 6.45) is 1.06. The number of hydrogen-bond donors (Lipinski definition) is 1. The third-order valence-electron chi connectivity index (χ3n) is 5.54. The lowest BCUT2D eigenvalue weighted by molar-refractivity contribution is -0.138. The van der Waals surface area contributed by atoms with E-state index in [0.717, 1.165) is 18.8 Å². The maximum Gasteiger partial charge on any atom is 0.328 e. The molecule has 0 aromatic heterocycles. The van der Waals surface area contributed by atoms with E-state index in [1.54, 1.807) is 18.0 Å². The number of imide groups is 1. The minimum absolute atomic E-state index is 0.168. The molecule has 0 spiro atoms. The van der Waals surface area contributed by atoms with Gasteiger partial charge in [-0.05, 0) is 24.1 Å². The van der Waals surface area contributed by atoms with Crippen LogP contribution in [0.3, 0.4) is 0 Å². The van der Waals surface area contributed by atoms with Crippen molar-refractivity contribution in [1.29, 1.82) is 0 Å². The van der Waals surface area contributed by atoms with Gasteiger partial charge < -0.3 is 9.80 Å². The molecule has 1 aromatic carbocycles. The van der Waals surface area contributed by atoms with Gasteiger partial charge in [0.15, 0.2) is 0 Å². The zero-order chi connectivity index (χ0) is 19.3. The maximum absolute atomic E-state index is 13.1. The number of hydrogen-bond acceptors (Lipinski definition) is 5. The van der Waals surface area contributed by atoms with Gasteiger partial charge in [0.1, 0.15) is 18.5 Å². The second-order valence-corrected chi connectivity index (χ2v) is 7.93. The SMILES string of the molecule is C=CCN1C(=O)C2C(NC3N(c4cccc(Cl)c4)CC(C)CN23)N(C)C1=O. The Morgan fingerprint density at radius 1 is 1.33 bits per heavy atom. The number of anilines is 1. The molecule has 3 heterocycles. The molecule has 0 bridgehead atoms. The van der Waals surface area contributed by atoms with Crippen LogP contribution in [-0.2, 0) is 4.79 Å². The largest absolute Gasteiger partial charge is 0.343 e. The van der Waals surface area contributed by atoms with Crippen molar-refractivity contribution < 1.29 is 9.59 Å².